The molecule has 1 heterocycles. The van der Waals surface area contributed by atoms with E-state index in [1.165, 1.54) is 0 Å². The van der Waals surface area contributed by atoms with Gasteiger partial charge in [-0.3, -0.25) is 9.59 Å². The van der Waals surface area contributed by atoms with Gasteiger partial charge in [0, 0.05) is 12.1 Å². The number of rotatable bonds is 8. The van der Waals surface area contributed by atoms with E-state index in [1.807, 2.05) is 20.8 Å². The number of hydrogen-bond acceptors (Lipinski definition) is 4. The van der Waals surface area contributed by atoms with E-state index in [0.29, 0.717) is 24.6 Å². The molecule has 2 atom stereocenters. The number of ether oxygens (including phenoxy) is 1. The molecule has 2 unspecified atom stereocenters. The lowest BCUT2D eigenvalue weighted by Gasteiger charge is -2.26. The van der Waals surface area contributed by atoms with Gasteiger partial charge in [-0.1, -0.05) is 13.8 Å². The molecule has 0 spiro atoms. The maximum Gasteiger partial charge on any atom is 0.251 e. The highest BCUT2D eigenvalue weighted by Crippen LogP contribution is 2.13. The van der Waals surface area contributed by atoms with Crippen LogP contribution >= 0.6 is 12.4 Å². The Morgan fingerprint density at radius 1 is 1.26 bits per heavy atom. The van der Waals surface area contributed by atoms with Crippen LogP contribution < -0.4 is 20.7 Å². The molecule has 1 aliphatic rings. The van der Waals surface area contributed by atoms with Crippen LogP contribution in [0.15, 0.2) is 24.3 Å². The monoisotopic (exact) mass is 397 g/mol. The fraction of sp³-hybridized carbons (Fsp3) is 0.600. The minimum Gasteiger partial charge on any atom is -0.494 e. The number of hydrogen-bond donors (Lipinski definition) is 3. The zero-order chi connectivity index (χ0) is 18.9. The van der Waals surface area contributed by atoms with Gasteiger partial charge in [-0.2, -0.15) is 0 Å². The summed E-state index contributed by atoms with van der Waals surface area (Å²) in [5.74, 6) is 0.822. The molecule has 2 rings (SSSR count). The summed E-state index contributed by atoms with van der Waals surface area (Å²) in [6.07, 6.45) is 2.26. The van der Waals surface area contributed by atoms with E-state index in [0.717, 1.165) is 31.7 Å². The number of carbonyl (C=O) groups is 2. The predicted octanol–water partition coefficient (Wildman–Crippen LogP) is 2.38. The molecule has 1 fully saturated rings. The molecule has 0 aromatic heterocycles. The number of carbonyl (C=O) groups excluding carboxylic acids is 2. The van der Waals surface area contributed by atoms with Crippen LogP contribution in [0.4, 0.5) is 0 Å². The highest BCUT2D eigenvalue weighted by atomic mass is 35.5. The van der Waals surface area contributed by atoms with Crippen LogP contribution in [-0.4, -0.2) is 44.1 Å². The Bertz CT molecular complexity index is 587. The highest BCUT2D eigenvalue weighted by Gasteiger charge is 2.25. The molecule has 3 N–H and O–H groups in total. The quantitative estimate of drug-likeness (QED) is 0.629. The first kappa shape index (κ1) is 23.2. The van der Waals surface area contributed by atoms with Crippen LogP contribution in [-0.2, 0) is 4.79 Å². The molecule has 1 aromatic carbocycles. The van der Waals surface area contributed by atoms with Gasteiger partial charge in [0.25, 0.3) is 5.91 Å². The zero-order valence-corrected chi connectivity index (χ0v) is 17.2. The number of nitrogens with one attached hydrogen (secondary N) is 3. The third-order valence-electron chi connectivity index (χ3n) is 4.63. The predicted molar refractivity (Wildman–Crippen MR) is 110 cm³/mol. The summed E-state index contributed by atoms with van der Waals surface area (Å²) in [4.78, 5) is 25.1. The van der Waals surface area contributed by atoms with Crippen molar-refractivity contribution in [3.63, 3.8) is 0 Å². The van der Waals surface area contributed by atoms with Crippen molar-refractivity contribution in [2.75, 3.05) is 26.2 Å². The van der Waals surface area contributed by atoms with E-state index >= 15 is 0 Å². The topological polar surface area (TPSA) is 79.5 Å². The SMILES string of the molecule is CCOc1ccc(C(=O)NC(C(=O)NCC2CCCNC2)C(C)C)cc1.Cl. The molecule has 7 heteroatoms. The van der Waals surface area contributed by atoms with Crippen molar-refractivity contribution in [2.24, 2.45) is 11.8 Å². The molecule has 1 aromatic rings. The van der Waals surface area contributed by atoms with Gasteiger partial charge >= 0.3 is 0 Å². The van der Waals surface area contributed by atoms with Crippen molar-refractivity contribution in [2.45, 2.75) is 39.7 Å². The minimum absolute atomic E-state index is 0. The second-order valence-corrected chi connectivity index (χ2v) is 7.11. The summed E-state index contributed by atoms with van der Waals surface area (Å²) < 4.78 is 5.39. The first-order valence-electron chi connectivity index (χ1n) is 9.53. The largest absolute Gasteiger partial charge is 0.494 e. The molecule has 152 valence electrons. The summed E-state index contributed by atoms with van der Waals surface area (Å²) in [5, 5.41) is 9.21. The van der Waals surface area contributed by atoms with Crippen molar-refractivity contribution in [3.05, 3.63) is 29.8 Å². The molecule has 2 amide bonds. The summed E-state index contributed by atoms with van der Waals surface area (Å²) >= 11 is 0. The van der Waals surface area contributed by atoms with E-state index in [-0.39, 0.29) is 30.1 Å². The maximum atomic E-state index is 12.6. The maximum absolute atomic E-state index is 12.6. The number of piperidine rings is 1. The molecule has 27 heavy (non-hydrogen) atoms. The van der Waals surface area contributed by atoms with Crippen molar-refractivity contribution in [3.8, 4) is 5.75 Å². The molecule has 6 nitrogen and oxygen atoms in total. The molecule has 1 aliphatic heterocycles. The lowest BCUT2D eigenvalue weighted by atomic mass is 9.98. The van der Waals surface area contributed by atoms with Crippen LogP contribution in [0.2, 0.25) is 0 Å². The average molecular weight is 398 g/mol. The van der Waals surface area contributed by atoms with Gasteiger partial charge in [-0.05, 0) is 69.0 Å². The Morgan fingerprint density at radius 2 is 1.96 bits per heavy atom. The average Bonchev–Trinajstić information content (AvgIpc) is 2.65. The number of benzene rings is 1. The van der Waals surface area contributed by atoms with Gasteiger partial charge in [0.05, 0.1) is 6.61 Å². The summed E-state index contributed by atoms with van der Waals surface area (Å²) in [6.45, 7) is 9.00. The van der Waals surface area contributed by atoms with Crippen molar-refractivity contribution >= 4 is 24.2 Å². The summed E-state index contributed by atoms with van der Waals surface area (Å²) in [6, 6.07) is 6.40. The first-order chi connectivity index (χ1) is 12.5. The van der Waals surface area contributed by atoms with E-state index in [9.17, 15) is 9.59 Å². The third kappa shape index (κ3) is 7.39. The fourth-order valence-electron chi connectivity index (χ4n) is 3.08. The molecule has 0 bridgehead atoms. The van der Waals surface area contributed by atoms with Crippen LogP contribution in [0.3, 0.4) is 0 Å². The molecular weight excluding hydrogens is 366 g/mol. The zero-order valence-electron chi connectivity index (χ0n) is 16.4. The fourth-order valence-corrected chi connectivity index (χ4v) is 3.08. The van der Waals surface area contributed by atoms with Gasteiger partial charge in [0.1, 0.15) is 11.8 Å². The smallest absolute Gasteiger partial charge is 0.251 e. The van der Waals surface area contributed by atoms with Crippen molar-refractivity contribution in [1.29, 1.82) is 0 Å². The molecular formula is C20H32ClN3O3. The van der Waals surface area contributed by atoms with Crippen LogP contribution in [0.25, 0.3) is 0 Å². The van der Waals surface area contributed by atoms with Gasteiger partial charge in [-0.15, -0.1) is 12.4 Å². The Labute approximate surface area is 168 Å². The van der Waals surface area contributed by atoms with Gasteiger partial charge in [0.15, 0.2) is 0 Å². The van der Waals surface area contributed by atoms with Crippen molar-refractivity contribution < 1.29 is 14.3 Å². The van der Waals surface area contributed by atoms with E-state index in [2.05, 4.69) is 16.0 Å². The lowest BCUT2D eigenvalue weighted by Crippen LogP contribution is -2.51. The normalized spacial score (nSPS) is 17.6. The summed E-state index contributed by atoms with van der Waals surface area (Å²) in [7, 11) is 0. The Hall–Kier alpha value is -1.79. The van der Waals surface area contributed by atoms with Gasteiger partial charge in [0.2, 0.25) is 5.91 Å². The highest BCUT2D eigenvalue weighted by molar-refractivity contribution is 5.97. The Morgan fingerprint density at radius 3 is 2.52 bits per heavy atom. The standard InChI is InChI=1S/C20H31N3O3.ClH/c1-4-26-17-9-7-16(8-10-17)19(24)23-18(14(2)3)20(25)22-13-15-6-5-11-21-12-15;/h7-10,14-15,18,21H,4-6,11-13H2,1-3H3,(H,22,25)(H,23,24);1H. The van der Waals surface area contributed by atoms with Crippen LogP contribution in [0, 0.1) is 11.8 Å². The second kappa shape index (κ2) is 11.8. The third-order valence-corrected chi connectivity index (χ3v) is 4.63. The Kier molecular flexibility index (Phi) is 10.2. The minimum atomic E-state index is -0.550. The van der Waals surface area contributed by atoms with Gasteiger partial charge < -0.3 is 20.7 Å². The molecule has 0 saturated carbocycles. The molecule has 0 radical (unpaired) electrons. The number of amides is 2. The first-order valence-corrected chi connectivity index (χ1v) is 9.53. The van der Waals surface area contributed by atoms with E-state index in [4.69, 9.17) is 4.74 Å². The van der Waals surface area contributed by atoms with E-state index < -0.39 is 6.04 Å². The van der Waals surface area contributed by atoms with Crippen molar-refractivity contribution in [1.82, 2.24) is 16.0 Å². The summed E-state index contributed by atoms with van der Waals surface area (Å²) in [5.41, 5.74) is 0.517. The van der Waals surface area contributed by atoms with E-state index in [1.54, 1.807) is 24.3 Å². The molecule has 1 saturated heterocycles. The lowest BCUT2D eigenvalue weighted by molar-refractivity contribution is -0.124. The number of halogens is 1. The van der Waals surface area contributed by atoms with Crippen LogP contribution in [0.1, 0.15) is 44.0 Å². The second-order valence-electron chi connectivity index (χ2n) is 7.11. The van der Waals surface area contributed by atoms with Gasteiger partial charge in [-0.25, -0.2) is 0 Å². The Balaban J connectivity index is 0.00000364. The van der Waals surface area contributed by atoms with Crippen LogP contribution in [0.5, 0.6) is 5.75 Å². The molecule has 0 aliphatic carbocycles.